The van der Waals surface area contributed by atoms with E-state index in [0.717, 1.165) is 12.8 Å². The number of rotatable bonds is 6. The fourth-order valence-corrected chi connectivity index (χ4v) is 1.32. The molecule has 0 aromatic rings. The van der Waals surface area contributed by atoms with Crippen molar-refractivity contribution in [2.24, 2.45) is 0 Å². The van der Waals surface area contributed by atoms with E-state index in [9.17, 15) is 9.59 Å². The zero-order valence-corrected chi connectivity index (χ0v) is 8.40. The SMILES string of the molecule is C#CCNC(=O)CN(CC(=O)O)C1CC1. The van der Waals surface area contributed by atoms with Crippen molar-refractivity contribution in [1.29, 1.82) is 0 Å². The number of hydrogen-bond acceptors (Lipinski definition) is 3. The summed E-state index contributed by atoms with van der Waals surface area (Å²) in [4.78, 5) is 23.5. The molecule has 0 heterocycles. The Balaban J connectivity index is 2.34. The van der Waals surface area contributed by atoms with E-state index in [1.165, 1.54) is 0 Å². The Bertz CT molecular complexity index is 292. The molecule has 82 valence electrons. The van der Waals surface area contributed by atoms with E-state index in [-0.39, 0.29) is 31.6 Å². The molecule has 1 fully saturated rings. The van der Waals surface area contributed by atoms with Crippen molar-refractivity contribution in [3.63, 3.8) is 0 Å². The lowest BCUT2D eigenvalue weighted by molar-refractivity contribution is -0.138. The van der Waals surface area contributed by atoms with Gasteiger partial charge in [0, 0.05) is 6.04 Å². The van der Waals surface area contributed by atoms with E-state index >= 15 is 0 Å². The van der Waals surface area contributed by atoms with E-state index in [1.54, 1.807) is 4.90 Å². The Morgan fingerprint density at radius 1 is 1.47 bits per heavy atom. The minimum Gasteiger partial charge on any atom is -0.480 e. The summed E-state index contributed by atoms with van der Waals surface area (Å²) in [7, 11) is 0. The molecule has 0 aromatic carbocycles. The van der Waals surface area contributed by atoms with Crippen molar-refractivity contribution in [3.05, 3.63) is 0 Å². The highest BCUT2D eigenvalue weighted by atomic mass is 16.4. The van der Waals surface area contributed by atoms with Crippen LogP contribution in [0.1, 0.15) is 12.8 Å². The van der Waals surface area contributed by atoms with Crippen LogP contribution in [0.4, 0.5) is 0 Å². The average molecular weight is 210 g/mol. The highest BCUT2D eigenvalue weighted by Gasteiger charge is 2.31. The lowest BCUT2D eigenvalue weighted by atomic mass is 10.4. The molecule has 1 amide bonds. The van der Waals surface area contributed by atoms with Gasteiger partial charge in [0.05, 0.1) is 19.6 Å². The fourth-order valence-electron chi connectivity index (χ4n) is 1.32. The van der Waals surface area contributed by atoms with Crippen LogP contribution >= 0.6 is 0 Å². The van der Waals surface area contributed by atoms with Crippen molar-refractivity contribution in [2.45, 2.75) is 18.9 Å². The largest absolute Gasteiger partial charge is 0.480 e. The summed E-state index contributed by atoms with van der Waals surface area (Å²) < 4.78 is 0. The summed E-state index contributed by atoms with van der Waals surface area (Å²) in [5.74, 6) is 1.16. The smallest absolute Gasteiger partial charge is 0.317 e. The predicted molar refractivity (Wildman–Crippen MR) is 54.1 cm³/mol. The number of terminal acetylenes is 1. The molecule has 0 aliphatic heterocycles. The van der Waals surface area contributed by atoms with Crippen LogP contribution in [0, 0.1) is 12.3 Å². The average Bonchev–Trinajstić information content (AvgIpc) is 2.96. The second-order valence-electron chi connectivity index (χ2n) is 3.51. The van der Waals surface area contributed by atoms with Gasteiger partial charge in [0.1, 0.15) is 0 Å². The molecular formula is C10H14N2O3. The first-order chi connectivity index (χ1) is 7.13. The van der Waals surface area contributed by atoms with Gasteiger partial charge in [-0.2, -0.15) is 0 Å². The first-order valence-corrected chi connectivity index (χ1v) is 4.79. The van der Waals surface area contributed by atoms with Gasteiger partial charge in [-0.05, 0) is 12.8 Å². The number of carboxylic acid groups (broad SMARTS) is 1. The maximum Gasteiger partial charge on any atom is 0.317 e. The number of carbonyl (C=O) groups excluding carboxylic acids is 1. The minimum atomic E-state index is -0.911. The number of amides is 1. The molecule has 2 N–H and O–H groups in total. The van der Waals surface area contributed by atoms with Crippen LogP contribution in [-0.2, 0) is 9.59 Å². The maximum atomic E-state index is 11.3. The molecule has 0 radical (unpaired) electrons. The predicted octanol–water partition coefficient (Wildman–Crippen LogP) is -0.715. The number of aliphatic carboxylic acids is 1. The van der Waals surface area contributed by atoms with E-state index in [4.69, 9.17) is 11.5 Å². The summed E-state index contributed by atoms with van der Waals surface area (Å²) in [6.45, 7) is 0.206. The Kier molecular flexibility index (Phi) is 4.13. The molecule has 1 aliphatic rings. The standard InChI is InChI=1S/C10H14N2O3/c1-2-5-11-9(13)6-12(7-10(14)15)8-3-4-8/h1,8H,3-7H2,(H,11,13)(H,14,15). The van der Waals surface area contributed by atoms with Crippen molar-refractivity contribution < 1.29 is 14.7 Å². The molecule has 0 unspecified atom stereocenters. The van der Waals surface area contributed by atoms with E-state index in [0.29, 0.717) is 0 Å². The summed E-state index contributed by atoms with van der Waals surface area (Å²) >= 11 is 0. The lowest BCUT2D eigenvalue weighted by Crippen LogP contribution is -2.41. The second kappa shape index (κ2) is 5.37. The zero-order chi connectivity index (χ0) is 11.3. The molecule has 1 saturated carbocycles. The molecule has 5 heteroatoms. The Morgan fingerprint density at radius 3 is 2.60 bits per heavy atom. The van der Waals surface area contributed by atoms with Crippen molar-refractivity contribution in [2.75, 3.05) is 19.6 Å². The number of carbonyl (C=O) groups is 2. The molecule has 1 aliphatic carbocycles. The van der Waals surface area contributed by atoms with Crippen LogP contribution < -0.4 is 5.32 Å². The van der Waals surface area contributed by atoms with E-state index < -0.39 is 5.97 Å². The van der Waals surface area contributed by atoms with Crippen LogP contribution in [0.15, 0.2) is 0 Å². The van der Waals surface area contributed by atoms with Crippen molar-refractivity contribution >= 4 is 11.9 Å². The molecule has 15 heavy (non-hydrogen) atoms. The van der Waals surface area contributed by atoms with Crippen LogP contribution in [0.3, 0.4) is 0 Å². The Labute approximate surface area is 88.4 Å². The van der Waals surface area contributed by atoms with Gasteiger partial charge in [-0.1, -0.05) is 5.92 Å². The number of hydrogen-bond donors (Lipinski definition) is 2. The molecule has 0 saturated heterocycles. The number of nitrogens with one attached hydrogen (secondary N) is 1. The fraction of sp³-hybridized carbons (Fsp3) is 0.600. The molecular weight excluding hydrogens is 196 g/mol. The second-order valence-corrected chi connectivity index (χ2v) is 3.51. The number of nitrogens with zero attached hydrogens (tertiary/aromatic N) is 1. The quantitative estimate of drug-likeness (QED) is 0.568. The van der Waals surface area contributed by atoms with Crippen LogP contribution in [-0.4, -0.2) is 47.6 Å². The highest BCUT2D eigenvalue weighted by Crippen LogP contribution is 2.26. The van der Waals surface area contributed by atoms with Gasteiger partial charge in [-0.15, -0.1) is 6.42 Å². The van der Waals surface area contributed by atoms with Gasteiger partial charge in [-0.3, -0.25) is 14.5 Å². The van der Waals surface area contributed by atoms with Gasteiger partial charge in [0.25, 0.3) is 0 Å². The maximum absolute atomic E-state index is 11.3. The van der Waals surface area contributed by atoms with E-state index in [2.05, 4.69) is 11.2 Å². The third kappa shape index (κ3) is 4.47. The van der Waals surface area contributed by atoms with Gasteiger partial charge in [-0.25, -0.2) is 0 Å². The van der Waals surface area contributed by atoms with Gasteiger partial charge in [0.2, 0.25) is 5.91 Å². The molecule has 0 spiro atoms. The van der Waals surface area contributed by atoms with Crippen molar-refractivity contribution in [1.82, 2.24) is 10.2 Å². The zero-order valence-electron chi connectivity index (χ0n) is 8.40. The third-order valence-corrected chi connectivity index (χ3v) is 2.14. The lowest BCUT2D eigenvalue weighted by Gasteiger charge is -2.18. The molecule has 0 bridgehead atoms. The topological polar surface area (TPSA) is 69.6 Å². The summed E-state index contributed by atoms with van der Waals surface area (Å²) in [6, 6.07) is 0.248. The van der Waals surface area contributed by atoms with Gasteiger partial charge >= 0.3 is 5.97 Å². The summed E-state index contributed by atoms with van der Waals surface area (Å²) in [5.41, 5.74) is 0. The first kappa shape index (κ1) is 11.5. The summed E-state index contributed by atoms with van der Waals surface area (Å²) in [6.07, 6.45) is 6.92. The first-order valence-electron chi connectivity index (χ1n) is 4.79. The monoisotopic (exact) mass is 210 g/mol. The molecule has 0 aromatic heterocycles. The normalized spacial score (nSPS) is 14.7. The van der Waals surface area contributed by atoms with Gasteiger partial charge in [0.15, 0.2) is 0 Å². The minimum absolute atomic E-state index is 0.0891. The molecule has 0 atom stereocenters. The Hall–Kier alpha value is -1.54. The van der Waals surface area contributed by atoms with Gasteiger partial charge < -0.3 is 10.4 Å². The number of carboxylic acids is 1. The summed E-state index contributed by atoms with van der Waals surface area (Å²) in [5, 5.41) is 11.2. The van der Waals surface area contributed by atoms with Crippen LogP contribution in [0.25, 0.3) is 0 Å². The van der Waals surface area contributed by atoms with Crippen molar-refractivity contribution in [3.8, 4) is 12.3 Å². The molecule has 5 nitrogen and oxygen atoms in total. The van der Waals surface area contributed by atoms with Crippen LogP contribution in [0.2, 0.25) is 0 Å². The van der Waals surface area contributed by atoms with E-state index in [1.807, 2.05) is 0 Å². The highest BCUT2D eigenvalue weighted by molar-refractivity contribution is 5.79. The van der Waals surface area contributed by atoms with Crippen LogP contribution in [0.5, 0.6) is 0 Å². The third-order valence-electron chi connectivity index (χ3n) is 2.14. The molecule has 1 rings (SSSR count). The Morgan fingerprint density at radius 2 is 2.13 bits per heavy atom.